The molecule has 158 valence electrons. The molecular formula is C29H20N2OS. The van der Waals surface area contributed by atoms with Crippen LogP contribution < -0.4 is 0 Å². The smallest absolute Gasteiger partial charge is 0.150 e. The zero-order valence-corrected chi connectivity index (χ0v) is 19.1. The number of aromatic nitrogens is 2. The van der Waals surface area contributed by atoms with Crippen molar-refractivity contribution in [2.75, 3.05) is 0 Å². The van der Waals surface area contributed by atoms with Crippen molar-refractivity contribution in [2.24, 2.45) is 0 Å². The molecule has 0 aliphatic heterocycles. The number of rotatable bonds is 2. The summed E-state index contributed by atoms with van der Waals surface area (Å²) >= 11 is 1.75. The zero-order valence-electron chi connectivity index (χ0n) is 18.3. The van der Waals surface area contributed by atoms with Gasteiger partial charge >= 0.3 is 0 Å². The Bertz CT molecular complexity index is 1830. The molecule has 4 aromatic carbocycles. The van der Waals surface area contributed by atoms with E-state index in [1.807, 2.05) is 12.1 Å². The average Bonchev–Trinajstić information content (AvgIpc) is 3.49. The first-order valence-electron chi connectivity index (χ1n) is 11.1. The first-order valence-corrected chi connectivity index (χ1v) is 11.9. The molecular weight excluding hydrogens is 424 g/mol. The summed E-state index contributed by atoms with van der Waals surface area (Å²) in [5.74, 6) is 0.920. The maximum absolute atomic E-state index is 6.40. The maximum atomic E-state index is 6.40. The highest BCUT2D eigenvalue weighted by Gasteiger charge is 2.23. The minimum Gasteiger partial charge on any atom is -0.455 e. The molecule has 0 spiro atoms. The van der Waals surface area contributed by atoms with E-state index in [0.29, 0.717) is 0 Å². The second-order valence-corrected chi connectivity index (χ2v) is 9.57. The number of hydrogen-bond donors (Lipinski definition) is 0. The summed E-state index contributed by atoms with van der Waals surface area (Å²) in [6.07, 6.45) is 0. The number of nitrogens with zero attached hydrogens (tertiary/aromatic N) is 2. The van der Waals surface area contributed by atoms with Gasteiger partial charge in [-0.1, -0.05) is 66.7 Å². The summed E-state index contributed by atoms with van der Waals surface area (Å²) < 4.78 is 10.0. The van der Waals surface area contributed by atoms with Crippen LogP contribution in [-0.4, -0.2) is 9.55 Å². The van der Waals surface area contributed by atoms with Crippen LogP contribution in [0.15, 0.2) is 89.3 Å². The zero-order chi connectivity index (χ0) is 22.1. The molecule has 4 heteroatoms. The Kier molecular flexibility index (Phi) is 3.85. The molecule has 0 saturated carbocycles. The molecule has 0 radical (unpaired) electrons. The van der Waals surface area contributed by atoms with Crippen molar-refractivity contribution >= 4 is 53.7 Å². The third-order valence-corrected chi connectivity index (χ3v) is 7.56. The van der Waals surface area contributed by atoms with E-state index in [9.17, 15) is 0 Å². The Hall–Kier alpha value is -3.89. The molecule has 0 N–H and O–H groups in total. The number of para-hydroxylation sites is 3. The molecule has 7 rings (SSSR count). The highest BCUT2D eigenvalue weighted by atomic mass is 32.1. The number of hydrogen-bond acceptors (Lipinski definition) is 3. The molecule has 0 aliphatic carbocycles. The molecule has 7 aromatic rings. The van der Waals surface area contributed by atoms with E-state index in [4.69, 9.17) is 9.40 Å². The number of thiophene rings is 1. The standard InChI is InChI=1S/C29H20N2OS/c1-17-9-7-10-18(2)25(17)31-26-21-12-4-6-16-24(21)33-29(26)30-28(31)22-14-8-13-20-19-11-3-5-15-23(19)32-27(20)22/h3-16H,1-2H3. The minimum absolute atomic E-state index is 0.883. The first kappa shape index (κ1) is 18.7. The van der Waals surface area contributed by atoms with E-state index >= 15 is 0 Å². The van der Waals surface area contributed by atoms with E-state index in [2.05, 4.69) is 91.2 Å². The largest absolute Gasteiger partial charge is 0.455 e. The predicted molar refractivity (Wildman–Crippen MR) is 139 cm³/mol. The van der Waals surface area contributed by atoms with E-state index in [1.54, 1.807) is 11.3 Å². The summed E-state index contributed by atoms with van der Waals surface area (Å²) in [5, 5.41) is 3.48. The Balaban J connectivity index is 1.67. The van der Waals surface area contributed by atoms with Gasteiger partial charge < -0.3 is 4.42 Å². The van der Waals surface area contributed by atoms with Gasteiger partial charge in [0.15, 0.2) is 5.82 Å². The van der Waals surface area contributed by atoms with Crippen LogP contribution in [0, 0.1) is 13.8 Å². The lowest BCUT2D eigenvalue weighted by Gasteiger charge is -2.15. The van der Waals surface area contributed by atoms with Crippen LogP contribution in [0.4, 0.5) is 0 Å². The molecule has 33 heavy (non-hydrogen) atoms. The number of imidazole rings is 1. The lowest BCUT2D eigenvalue weighted by Crippen LogP contribution is -2.02. The van der Waals surface area contributed by atoms with Crippen LogP contribution in [-0.2, 0) is 0 Å². The van der Waals surface area contributed by atoms with Gasteiger partial charge in [-0.3, -0.25) is 4.57 Å². The minimum atomic E-state index is 0.883. The van der Waals surface area contributed by atoms with E-state index < -0.39 is 0 Å². The van der Waals surface area contributed by atoms with Crippen LogP contribution in [0.1, 0.15) is 11.1 Å². The van der Waals surface area contributed by atoms with Gasteiger partial charge in [0.2, 0.25) is 0 Å². The maximum Gasteiger partial charge on any atom is 0.150 e. The number of aryl methyl sites for hydroxylation is 2. The van der Waals surface area contributed by atoms with E-state index in [0.717, 1.165) is 43.7 Å². The first-order chi connectivity index (χ1) is 16.2. The van der Waals surface area contributed by atoms with Crippen LogP contribution in [0.5, 0.6) is 0 Å². The molecule has 0 aliphatic rings. The van der Waals surface area contributed by atoms with Gasteiger partial charge in [-0.2, -0.15) is 0 Å². The monoisotopic (exact) mass is 444 g/mol. The number of fused-ring (bicyclic) bond motifs is 6. The summed E-state index contributed by atoms with van der Waals surface area (Å²) in [6, 6.07) is 29.6. The van der Waals surface area contributed by atoms with Gasteiger partial charge in [-0.15, -0.1) is 11.3 Å². The summed E-state index contributed by atoms with van der Waals surface area (Å²) in [7, 11) is 0. The topological polar surface area (TPSA) is 31.0 Å². The Morgan fingerprint density at radius 1 is 0.727 bits per heavy atom. The molecule has 0 unspecified atom stereocenters. The fourth-order valence-corrected chi connectivity index (χ4v) is 6.10. The fraction of sp³-hybridized carbons (Fsp3) is 0.0690. The summed E-state index contributed by atoms with van der Waals surface area (Å²) in [4.78, 5) is 6.26. The van der Waals surface area contributed by atoms with Gasteiger partial charge in [-0.05, 0) is 43.2 Å². The van der Waals surface area contributed by atoms with Gasteiger partial charge in [-0.25, -0.2) is 4.98 Å². The second-order valence-electron chi connectivity index (χ2n) is 8.54. The van der Waals surface area contributed by atoms with Crippen molar-refractivity contribution in [2.45, 2.75) is 13.8 Å². The van der Waals surface area contributed by atoms with E-state index in [-0.39, 0.29) is 0 Å². The molecule has 0 saturated heterocycles. The van der Waals surface area contributed by atoms with Crippen LogP contribution in [0.3, 0.4) is 0 Å². The highest BCUT2D eigenvalue weighted by Crippen LogP contribution is 2.42. The van der Waals surface area contributed by atoms with Crippen molar-refractivity contribution in [1.82, 2.24) is 9.55 Å². The fourth-order valence-electron chi connectivity index (χ4n) is 5.04. The summed E-state index contributed by atoms with van der Waals surface area (Å²) in [5.41, 5.74) is 7.59. The van der Waals surface area contributed by atoms with Crippen molar-refractivity contribution in [3.8, 4) is 17.1 Å². The average molecular weight is 445 g/mol. The van der Waals surface area contributed by atoms with E-state index in [1.165, 1.54) is 26.9 Å². The SMILES string of the molecule is Cc1cccc(C)c1-n1c(-c2cccc3c2oc2ccccc23)nc2sc3ccccc3c21. The Morgan fingerprint density at radius 3 is 2.27 bits per heavy atom. The van der Waals surface area contributed by atoms with Crippen LogP contribution >= 0.6 is 11.3 Å². The third kappa shape index (κ3) is 2.58. The second kappa shape index (κ2) is 6.80. The third-order valence-electron chi connectivity index (χ3n) is 6.50. The quantitative estimate of drug-likeness (QED) is 0.268. The normalized spacial score (nSPS) is 11.9. The van der Waals surface area contributed by atoms with Gasteiger partial charge in [0.1, 0.15) is 16.0 Å². The molecule has 3 nitrogen and oxygen atoms in total. The predicted octanol–water partition coefficient (Wildman–Crippen LogP) is 8.42. The molecule has 3 aromatic heterocycles. The Labute approximate surface area is 194 Å². The van der Waals surface area contributed by atoms with Gasteiger partial charge in [0.25, 0.3) is 0 Å². The van der Waals surface area contributed by atoms with Crippen molar-refractivity contribution in [3.05, 3.63) is 96.1 Å². The van der Waals surface area contributed by atoms with Crippen LogP contribution in [0.2, 0.25) is 0 Å². The van der Waals surface area contributed by atoms with Crippen LogP contribution in [0.25, 0.3) is 59.4 Å². The lowest BCUT2D eigenvalue weighted by atomic mass is 10.1. The Morgan fingerprint density at radius 2 is 1.42 bits per heavy atom. The molecule has 0 atom stereocenters. The van der Waals surface area contributed by atoms with Gasteiger partial charge in [0, 0.05) is 20.9 Å². The summed E-state index contributed by atoms with van der Waals surface area (Å²) in [6.45, 7) is 4.35. The van der Waals surface area contributed by atoms with Gasteiger partial charge in [0.05, 0.1) is 16.8 Å². The molecule has 0 amide bonds. The number of benzene rings is 4. The van der Waals surface area contributed by atoms with Crippen molar-refractivity contribution in [1.29, 1.82) is 0 Å². The van der Waals surface area contributed by atoms with Crippen molar-refractivity contribution < 1.29 is 4.42 Å². The molecule has 0 bridgehead atoms. The molecule has 0 fully saturated rings. The van der Waals surface area contributed by atoms with Crippen molar-refractivity contribution in [3.63, 3.8) is 0 Å². The molecule has 3 heterocycles. The highest BCUT2D eigenvalue weighted by molar-refractivity contribution is 7.25. The number of furan rings is 1. The lowest BCUT2D eigenvalue weighted by molar-refractivity contribution is 0.669.